The van der Waals surface area contributed by atoms with E-state index in [-0.39, 0.29) is 6.61 Å². The SMILES string of the molecule is CCCCCC/C=C/OC(=O)[C@H](C)NC(=O)OCc1ccccc1. The molecule has 0 saturated heterocycles. The van der Waals surface area contributed by atoms with Gasteiger partial charge in [-0.05, 0) is 31.4 Å². The lowest BCUT2D eigenvalue weighted by Crippen LogP contribution is -2.39. The molecule has 5 heteroatoms. The van der Waals surface area contributed by atoms with Crippen molar-refractivity contribution in [1.82, 2.24) is 5.32 Å². The van der Waals surface area contributed by atoms with Gasteiger partial charge in [0.2, 0.25) is 0 Å². The molecular weight excluding hydrogens is 306 g/mol. The van der Waals surface area contributed by atoms with Crippen LogP contribution in [0, 0.1) is 0 Å². The monoisotopic (exact) mass is 333 g/mol. The number of rotatable bonds is 10. The van der Waals surface area contributed by atoms with Crippen molar-refractivity contribution in [2.45, 2.75) is 58.6 Å². The van der Waals surface area contributed by atoms with Gasteiger partial charge < -0.3 is 14.8 Å². The van der Waals surface area contributed by atoms with Crippen LogP contribution >= 0.6 is 0 Å². The highest BCUT2D eigenvalue weighted by molar-refractivity contribution is 5.81. The Kier molecular flexibility index (Phi) is 10.0. The van der Waals surface area contributed by atoms with Crippen LogP contribution < -0.4 is 5.32 Å². The number of hydrogen-bond acceptors (Lipinski definition) is 4. The predicted octanol–water partition coefficient (Wildman–Crippen LogP) is 4.33. The number of amides is 1. The summed E-state index contributed by atoms with van der Waals surface area (Å²) in [6, 6.07) is 8.57. The van der Waals surface area contributed by atoms with Gasteiger partial charge in [-0.25, -0.2) is 9.59 Å². The van der Waals surface area contributed by atoms with E-state index in [0.29, 0.717) is 0 Å². The summed E-state index contributed by atoms with van der Waals surface area (Å²) < 4.78 is 10.0. The van der Waals surface area contributed by atoms with Crippen molar-refractivity contribution in [3.05, 3.63) is 48.2 Å². The van der Waals surface area contributed by atoms with Crippen molar-refractivity contribution in [1.29, 1.82) is 0 Å². The normalized spacial score (nSPS) is 11.9. The van der Waals surface area contributed by atoms with Gasteiger partial charge in [0.1, 0.15) is 12.6 Å². The lowest BCUT2D eigenvalue weighted by atomic mass is 10.1. The van der Waals surface area contributed by atoms with Gasteiger partial charge in [-0.2, -0.15) is 0 Å². The number of benzene rings is 1. The maximum Gasteiger partial charge on any atom is 0.408 e. The highest BCUT2D eigenvalue weighted by Crippen LogP contribution is 2.03. The van der Waals surface area contributed by atoms with E-state index in [9.17, 15) is 9.59 Å². The molecule has 0 aliphatic rings. The third-order valence-electron chi connectivity index (χ3n) is 3.41. The molecule has 0 bridgehead atoms. The molecule has 1 aromatic rings. The maximum absolute atomic E-state index is 11.7. The first kappa shape index (κ1) is 19.7. The Labute approximate surface area is 144 Å². The molecule has 0 aliphatic heterocycles. The summed E-state index contributed by atoms with van der Waals surface area (Å²) >= 11 is 0. The van der Waals surface area contributed by atoms with Gasteiger partial charge in [0.05, 0.1) is 6.26 Å². The second kappa shape index (κ2) is 12.2. The Hall–Kier alpha value is -2.30. The molecule has 0 heterocycles. The summed E-state index contributed by atoms with van der Waals surface area (Å²) in [5, 5.41) is 2.45. The zero-order valence-electron chi connectivity index (χ0n) is 14.5. The molecule has 5 nitrogen and oxygen atoms in total. The van der Waals surface area contributed by atoms with Crippen LogP contribution in [0.25, 0.3) is 0 Å². The minimum Gasteiger partial charge on any atom is -0.445 e. The first-order valence-electron chi connectivity index (χ1n) is 8.46. The largest absolute Gasteiger partial charge is 0.445 e. The average molecular weight is 333 g/mol. The van der Waals surface area contributed by atoms with E-state index in [1.54, 1.807) is 6.92 Å². The molecule has 0 radical (unpaired) electrons. The number of esters is 1. The molecule has 0 unspecified atom stereocenters. The van der Waals surface area contributed by atoms with Crippen LogP contribution in [0.2, 0.25) is 0 Å². The number of ether oxygens (including phenoxy) is 2. The van der Waals surface area contributed by atoms with Gasteiger partial charge in [0.15, 0.2) is 0 Å². The van der Waals surface area contributed by atoms with Crippen molar-refractivity contribution < 1.29 is 19.1 Å². The third-order valence-corrected chi connectivity index (χ3v) is 3.41. The lowest BCUT2D eigenvalue weighted by Gasteiger charge is -2.12. The van der Waals surface area contributed by atoms with Crippen LogP contribution in [0.1, 0.15) is 51.5 Å². The molecule has 0 aromatic heterocycles. The summed E-state index contributed by atoms with van der Waals surface area (Å²) in [7, 11) is 0. The lowest BCUT2D eigenvalue weighted by molar-refractivity contribution is -0.139. The van der Waals surface area contributed by atoms with Gasteiger partial charge >= 0.3 is 12.1 Å². The molecular formula is C19H27NO4. The first-order chi connectivity index (χ1) is 11.6. The summed E-state index contributed by atoms with van der Waals surface area (Å²) in [5.41, 5.74) is 0.883. The average Bonchev–Trinajstić information content (AvgIpc) is 2.60. The number of hydrogen-bond donors (Lipinski definition) is 1. The molecule has 0 spiro atoms. The number of allylic oxidation sites excluding steroid dienone is 1. The zero-order chi connectivity index (χ0) is 17.6. The van der Waals surface area contributed by atoms with E-state index in [1.165, 1.54) is 25.5 Å². The molecule has 1 aromatic carbocycles. The molecule has 1 N–H and O–H groups in total. The number of carbonyl (C=O) groups excluding carboxylic acids is 2. The second-order valence-corrected chi connectivity index (χ2v) is 5.59. The molecule has 0 fully saturated rings. The molecule has 0 saturated carbocycles. The molecule has 24 heavy (non-hydrogen) atoms. The molecule has 0 aliphatic carbocycles. The highest BCUT2D eigenvalue weighted by Gasteiger charge is 2.17. The predicted molar refractivity (Wildman–Crippen MR) is 93.2 cm³/mol. The van der Waals surface area contributed by atoms with Crippen molar-refractivity contribution in [2.24, 2.45) is 0 Å². The van der Waals surface area contributed by atoms with Crippen molar-refractivity contribution in [2.75, 3.05) is 0 Å². The van der Waals surface area contributed by atoms with E-state index in [0.717, 1.165) is 18.4 Å². The maximum atomic E-state index is 11.7. The Morgan fingerprint density at radius 2 is 1.92 bits per heavy atom. The van der Waals surface area contributed by atoms with Crippen LogP contribution in [0.5, 0.6) is 0 Å². The van der Waals surface area contributed by atoms with Gasteiger partial charge in [-0.3, -0.25) is 0 Å². The van der Waals surface area contributed by atoms with Gasteiger partial charge in [0, 0.05) is 0 Å². The van der Waals surface area contributed by atoms with Crippen LogP contribution in [-0.4, -0.2) is 18.1 Å². The van der Waals surface area contributed by atoms with E-state index in [4.69, 9.17) is 9.47 Å². The van der Waals surface area contributed by atoms with E-state index in [1.807, 2.05) is 36.4 Å². The molecule has 1 amide bonds. The number of alkyl carbamates (subject to hydrolysis) is 1. The number of carbonyl (C=O) groups is 2. The number of unbranched alkanes of at least 4 members (excludes halogenated alkanes) is 4. The quantitative estimate of drug-likeness (QED) is 0.393. The van der Waals surface area contributed by atoms with Gasteiger partial charge in [-0.15, -0.1) is 0 Å². The topological polar surface area (TPSA) is 64.6 Å². The fraction of sp³-hybridized carbons (Fsp3) is 0.474. The standard InChI is InChI=1S/C19H27NO4/c1-3-4-5-6-7-11-14-23-18(21)16(2)20-19(22)24-15-17-12-9-8-10-13-17/h8-14,16H,3-7,15H2,1-2H3,(H,20,22)/b14-11+/t16-/m0/s1. The molecule has 1 atom stereocenters. The smallest absolute Gasteiger partial charge is 0.408 e. The Morgan fingerprint density at radius 3 is 2.62 bits per heavy atom. The van der Waals surface area contributed by atoms with Crippen molar-refractivity contribution in [3.63, 3.8) is 0 Å². The summed E-state index contributed by atoms with van der Waals surface area (Å²) in [6.07, 6.45) is 8.14. The van der Waals surface area contributed by atoms with Crippen LogP contribution in [0.4, 0.5) is 4.79 Å². The zero-order valence-corrected chi connectivity index (χ0v) is 14.5. The Bertz CT molecular complexity index is 513. The number of nitrogens with one attached hydrogen (secondary N) is 1. The van der Waals surface area contributed by atoms with E-state index < -0.39 is 18.1 Å². The summed E-state index contributed by atoms with van der Waals surface area (Å²) in [4.78, 5) is 23.4. The summed E-state index contributed by atoms with van der Waals surface area (Å²) in [5.74, 6) is -0.517. The molecule has 132 valence electrons. The minimum atomic E-state index is -0.766. The van der Waals surface area contributed by atoms with Crippen molar-refractivity contribution >= 4 is 12.1 Å². The Balaban J connectivity index is 2.18. The van der Waals surface area contributed by atoms with Crippen LogP contribution in [0.3, 0.4) is 0 Å². The fourth-order valence-corrected chi connectivity index (χ4v) is 1.97. The fourth-order valence-electron chi connectivity index (χ4n) is 1.97. The highest BCUT2D eigenvalue weighted by atomic mass is 16.6. The van der Waals surface area contributed by atoms with Crippen LogP contribution in [-0.2, 0) is 20.9 Å². The Morgan fingerprint density at radius 1 is 1.17 bits per heavy atom. The summed E-state index contributed by atoms with van der Waals surface area (Å²) in [6.45, 7) is 3.88. The van der Waals surface area contributed by atoms with Crippen molar-refractivity contribution in [3.8, 4) is 0 Å². The minimum absolute atomic E-state index is 0.159. The molecule has 1 rings (SSSR count). The first-order valence-corrected chi connectivity index (χ1v) is 8.46. The van der Waals surface area contributed by atoms with E-state index in [2.05, 4.69) is 12.2 Å². The van der Waals surface area contributed by atoms with Gasteiger partial charge in [-0.1, -0.05) is 56.5 Å². The van der Waals surface area contributed by atoms with Gasteiger partial charge in [0.25, 0.3) is 0 Å². The van der Waals surface area contributed by atoms with Crippen LogP contribution in [0.15, 0.2) is 42.7 Å². The third kappa shape index (κ3) is 8.98. The van der Waals surface area contributed by atoms with E-state index >= 15 is 0 Å². The second-order valence-electron chi connectivity index (χ2n) is 5.59.